The molecule has 1 unspecified atom stereocenters. The minimum atomic E-state index is 0.345. The van der Waals surface area contributed by atoms with Crippen molar-refractivity contribution < 1.29 is 4.42 Å². The highest BCUT2D eigenvalue weighted by Crippen LogP contribution is 2.39. The van der Waals surface area contributed by atoms with Crippen LogP contribution in [0.5, 0.6) is 0 Å². The lowest BCUT2D eigenvalue weighted by atomic mass is 9.70. The van der Waals surface area contributed by atoms with E-state index in [-0.39, 0.29) is 0 Å². The van der Waals surface area contributed by atoms with Crippen molar-refractivity contribution in [3.63, 3.8) is 0 Å². The Morgan fingerprint density at radius 1 is 1.47 bits per heavy atom. The molecule has 1 saturated carbocycles. The minimum absolute atomic E-state index is 0.345. The van der Waals surface area contributed by atoms with Crippen molar-refractivity contribution in [3.05, 3.63) is 24.2 Å². The van der Waals surface area contributed by atoms with Crippen LogP contribution in [0.2, 0.25) is 0 Å². The van der Waals surface area contributed by atoms with Crippen LogP contribution in [0, 0.1) is 11.3 Å². The Morgan fingerprint density at radius 2 is 2.18 bits per heavy atom. The standard InChI is InChI=1S/C14H24N2O/c1-14(2)7-5-11(6-8-14)13(16-15)10-12-4-3-9-17-12/h3-4,9,11,13,16H,5-8,10,15H2,1-2H3. The number of hydrogen-bond acceptors (Lipinski definition) is 3. The van der Waals surface area contributed by atoms with E-state index < -0.39 is 0 Å². The molecule has 0 bridgehead atoms. The van der Waals surface area contributed by atoms with E-state index in [1.807, 2.05) is 12.1 Å². The quantitative estimate of drug-likeness (QED) is 0.624. The molecule has 1 heterocycles. The highest BCUT2D eigenvalue weighted by Gasteiger charge is 2.31. The van der Waals surface area contributed by atoms with Crippen LogP contribution in [0.1, 0.15) is 45.3 Å². The van der Waals surface area contributed by atoms with Gasteiger partial charge in [-0.1, -0.05) is 13.8 Å². The summed E-state index contributed by atoms with van der Waals surface area (Å²) in [5, 5.41) is 0. The molecule has 1 aliphatic rings. The molecule has 0 radical (unpaired) electrons. The Bertz CT molecular complexity index is 322. The smallest absolute Gasteiger partial charge is 0.105 e. The van der Waals surface area contributed by atoms with Gasteiger partial charge in [-0.25, -0.2) is 0 Å². The fraction of sp³-hybridized carbons (Fsp3) is 0.714. The molecule has 3 N–H and O–H groups in total. The van der Waals surface area contributed by atoms with Crippen LogP contribution in [0.3, 0.4) is 0 Å². The Hall–Kier alpha value is -0.800. The molecule has 1 aliphatic carbocycles. The fourth-order valence-electron chi connectivity index (χ4n) is 2.83. The van der Waals surface area contributed by atoms with E-state index in [1.165, 1.54) is 25.7 Å². The van der Waals surface area contributed by atoms with E-state index in [0.29, 0.717) is 17.4 Å². The maximum absolute atomic E-state index is 5.70. The van der Waals surface area contributed by atoms with Crippen LogP contribution < -0.4 is 11.3 Å². The zero-order valence-electron chi connectivity index (χ0n) is 10.9. The van der Waals surface area contributed by atoms with E-state index in [0.717, 1.165) is 12.2 Å². The summed E-state index contributed by atoms with van der Waals surface area (Å²) in [7, 11) is 0. The molecule has 0 aromatic carbocycles. The van der Waals surface area contributed by atoms with E-state index in [1.54, 1.807) is 6.26 Å². The van der Waals surface area contributed by atoms with E-state index in [4.69, 9.17) is 10.3 Å². The number of hydrogen-bond donors (Lipinski definition) is 2. The van der Waals surface area contributed by atoms with Crippen LogP contribution in [0.4, 0.5) is 0 Å². The number of nitrogens with one attached hydrogen (secondary N) is 1. The molecule has 0 aliphatic heterocycles. The summed E-state index contributed by atoms with van der Waals surface area (Å²) in [6.45, 7) is 4.72. The van der Waals surface area contributed by atoms with Crippen molar-refractivity contribution in [2.45, 2.75) is 52.0 Å². The van der Waals surface area contributed by atoms with Crippen LogP contribution >= 0.6 is 0 Å². The van der Waals surface area contributed by atoms with Crippen LogP contribution in [0.25, 0.3) is 0 Å². The lowest BCUT2D eigenvalue weighted by Crippen LogP contribution is -2.44. The minimum Gasteiger partial charge on any atom is -0.469 e. The lowest BCUT2D eigenvalue weighted by molar-refractivity contribution is 0.158. The third kappa shape index (κ3) is 3.33. The van der Waals surface area contributed by atoms with E-state index in [9.17, 15) is 0 Å². The molecule has 0 saturated heterocycles. The molecule has 1 aromatic rings. The number of rotatable bonds is 4. The third-order valence-corrected chi connectivity index (χ3v) is 4.17. The predicted molar refractivity (Wildman–Crippen MR) is 69.3 cm³/mol. The zero-order chi connectivity index (χ0) is 12.3. The fourth-order valence-corrected chi connectivity index (χ4v) is 2.83. The number of furan rings is 1. The molecule has 96 valence electrons. The van der Waals surface area contributed by atoms with Crippen LogP contribution in [0.15, 0.2) is 22.8 Å². The summed E-state index contributed by atoms with van der Waals surface area (Å²) in [4.78, 5) is 0. The van der Waals surface area contributed by atoms with Gasteiger partial charge >= 0.3 is 0 Å². The molecule has 0 amide bonds. The monoisotopic (exact) mass is 236 g/mol. The Morgan fingerprint density at radius 3 is 2.71 bits per heavy atom. The average molecular weight is 236 g/mol. The highest BCUT2D eigenvalue weighted by atomic mass is 16.3. The van der Waals surface area contributed by atoms with Gasteiger partial charge in [-0.15, -0.1) is 0 Å². The summed E-state index contributed by atoms with van der Waals surface area (Å²) in [6.07, 6.45) is 7.76. The van der Waals surface area contributed by atoms with Crippen molar-refractivity contribution in [1.82, 2.24) is 5.43 Å². The molecule has 2 rings (SSSR count). The summed E-state index contributed by atoms with van der Waals surface area (Å²) in [5.41, 5.74) is 3.49. The molecule has 3 heteroatoms. The first-order chi connectivity index (χ1) is 8.11. The largest absolute Gasteiger partial charge is 0.469 e. The van der Waals surface area contributed by atoms with Gasteiger partial charge in [0.25, 0.3) is 0 Å². The molecule has 1 aromatic heterocycles. The van der Waals surface area contributed by atoms with Gasteiger partial charge in [-0.2, -0.15) is 0 Å². The zero-order valence-corrected chi connectivity index (χ0v) is 10.9. The molecular weight excluding hydrogens is 212 g/mol. The number of hydrazine groups is 1. The first kappa shape index (κ1) is 12.7. The SMILES string of the molecule is CC1(C)CCC(C(Cc2ccco2)NN)CC1. The van der Waals surface area contributed by atoms with Gasteiger partial charge in [0, 0.05) is 12.5 Å². The normalized spacial score (nSPS) is 22.5. The van der Waals surface area contributed by atoms with Gasteiger partial charge < -0.3 is 4.42 Å². The maximum atomic E-state index is 5.70. The van der Waals surface area contributed by atoms with Crippen LogP contribution in [-0.4, -0.2) is 6.04 Å². The second kappa shape index (κ2) is 5.23. The third-order valence-electron chi connectivity index (χ3n) is 4.17. The summed E-state index contributed by atoms with van der Waals surface area (Å²) in [6, 6.07) is 4.31. The Labute approximate surface area is 104 Å². The Balaban J connectivity index is 1.91. The van der Waals surface area contributed by atoms with E-state index >= 15 is 0 Å². The first-order valence-electron chi connectivity index (χ1n) is 6.59. The van der Waals surface area contributed by atoms with Gasteiger partial charge in [0.2, 0.25) is 0 Å². The average Bonchev–Trinajstić information content (AvgIpc) is 2.79. The van der Waals surface area contributed by atoms with Gasteiger partial charge in [-0.3, -0.25) is 11.3 Å². The summed E-state index contributed by atoms with van der Waals surface area (Å²) < 4.78 is 5.40. The first-order valence-corrected chi connectivity index (χ1v) is 6.59. The molecule has 17 heavy (non-hydrogen) atoms. The van der Waals surface area contributed by atoms with Gasteiger partial charge in [0.05, 0.1) is 6.26 Å². The second-order valence-electron chi connectivity index (χ2n) is 6.06. The maximum Gasteiger partial charge on any atom is 0.105 e. The molecule has 0 spiro atoms. The van der Waals surface area contributed by atoms with Gasteiger partial charge in [0.15, 0.2) is 0 Å². The molecule has 1 atom stereocenters. The van der Waals surface area contributed by atoms with E-state index in [2.05, 4.69) is 19.3 Å². The van der Waals surface area contributed by atoms with Crippen molar-refractivity contribution in [1.29, 1.82) is 0 Å². The Kier molecular flexibility index (Phi) is 3.89. The van der Waals surface area contributed by atoms with Crippen molar-refractivity contribution >= 4 is 0 Å². The topological polar surface area (TPSA) is 51.2 Å². The predicted octanol–water partition coefficient (Wildman–Crippen LogP) is 2.87. The van der Waals surface area contributed by atoms with Gasteiger partial charge in [0.1, 0.15) is 5.76 Å². The molecular formula is C14H24N2O. The van der Waals surface area contributed by atoms with Crippen LogP contribution in [-0.2, 0) is 6.42 Å². The molecule has 3 nitrogen and oxygen atoms in total. The van der Waals surface area contributed by atoms with Crippen molar-refractivity contribution in [2.75, 3.05) is 0 Å². The van der Waals surface area contributed by atoms with Gasteiger partial charge in [-0.05, 0) is 49.1 Å². The number of nitrogens with two attached hydrogens (primary N) is 1. The summed E-state index contributed by atoms with van der Waals surface area (Å²) >= 11 is 0. The van der Waals surface area contributed by atoms with Crippen molar-refractivity contribution in [2.24, 2.45) is 17.2 Å². The highest BCUT2D eigenvalue weighted by molar-refractivity contribution is 5.01. The second-order valence-corrected chi connectivity index (χ2v) is 6.06. The summed E-state index contributed by atoms with van der Waals surface area (Å²) in [5.74, 6) is 7.40. The lowest BCUT2D eigenvalue weighted by Gasteiger charge is -2.37. The molecule has 1 fully saturated rings. The van der Waals surface area contributed by atoms with Crippen molar-refractivity contribution in [3.8, 4) is 0 Å².